The Morgan fingerprint density at radius 2 is 2.00 bits per heavy atom. The Morgan fingerprint density at radius 1 is 1.40 bits per heavy atom. The van der Waals surface area contributed by atoms with E-state index >= 15 is 0 Å². The van der Waals surface area contributed by atoms with Crippen molar-refractivity contribution in [3.05, 3.63) is 29.3 Å². The molecule has 0 spiro atoms. The van der Waals surface area contributed by atoms with Crippen LogP contribution in [0, 0.1) is 0 Å². The molecule has 0 saturated carbocycles. The topological polar surface area (TPSA) is 26.3 Å². The number of thiol groups is 1. The summed E-state index contributed by atoms with van der Waals surface area (Å²) in [6, 6.07) is 3.21. The van der Waals surface area contributed by atoms with Gasteiger partial charge in [0.25, 0.3) is 0 Å². The highest BCUT2D eigenvalue weighted by Crippen LogP contribution is 2.38. The van der Waals surface area contributed by atoms with Gasteiger partial charge in [0.15, 0.2) is 0 Å². The average Bonchev–Trinajstić information content (AvgIpc) is 2.15. The molecule has 0 N–H and O–H groups in total. The van der Waals surface area contributed by atoms with Crippen molar-refractivity contribution in [2.24, 2.45) is 0 Å². The number of rotatable bonds is 2. The van der Waals surface area contributed by atoms with Crippen LogP contribution in [0.15, 0.2) is 18.2 Å². The molecule has 0 atom stereocenters. The molecule has 1 aromatic carbocycles. The molecule has 0 saturated heterocycles. The van der Waals surface area contributed by atoms with Crippen LogP contribution in [0.25, 0.3) is 0 Å². The van der Waals surface area contributed by atoms with Crippen molar-refractivity contribution in [3.8, 4) is 5.75 Å². The Bertz CT molecular complexity index is 387. The van der Waals surface area contributed by atoms with E-state index in [2.05, 4.69) is 17.4 Å². The summed E-state index contributed by atoms with van der Waals surface area (Å²) in [4.78, 5) is 10.9. The molecule has 0 heterocycles. The highest BCUT2D eigenvalue weighted by atomic mass is 32.1. The van der Waals surface area contributed by atoms with Crippen LogP contribution in [-0.4, -0.2) is 12.2 Å². The van der Waals surface area contributed by atoms with Crippen LogP contribution in [0.4, 0.5) is 13.2 Å². The SMILES string of the molecule is COc1c(C(=O)S)cccc1C(F)(F)F. The number of benzene rings is 1. The van der Waals surface area contributed by atoms with E-state index in [-0.39, 0.29) is 5.56 Å². The van der Waals surface area contributed by atoms with Crippen molar-refractivity contribution >= 4 is 17.7 Å². The molecule has 0 aromatic heterocycles. The molecule has 1 aromatic rings. The first-order chi connectivity index (χ1) is 6.88. The maximum absolute atomic E-state index is 12.5. The van der Waals surface area contributed by atoms with Crippen LogP contribution in [0.1, 0.15) is 15.9 Å². The monoisotopic (exact) mass is 236 g/mol. The Kier molecular flexibility index (Phi) is 3.28. The van der Waals surface area contributed by atoms with Gasteiger partial charge in [-0.1, -0.05) is 6.07 Å². The van der Waals surface area contributed by atoms with Gasteiger partial charge in [-0.25, -0.2) is 0 Å². The van der Waals surface area contributed by atoms with Crippen molar-refractivity contribution in [2.75, 3.05) is 7.11 Å². The van der Waals surface area contributed by atoms with Gasteiger partial charge in [0.2, 0.25) is 5.12 Å². The molecule has 0 bridgehead atoms. The van der Waals surface area contributed by atoms with Gasteiger partial charge in [0.05, 0.1) is 18.2 Å². The third-order valence-corrected chi connectivity index (χ3v) is 2.00. The van der Waals surface area contributed by atoms with Crippen molar-refractivity contribution < 1.29 is 22.7 Å². The van der Waals surface area contributed by atoms with Gasteiger partial charge in [0.1, 0.15) is 5.75 Å². The van der Waals surface area contributed by atoms with E-state index in [0.29, 0.717) is 0 Å². The second kappa shape index (κ2) is 4.14. The molecule has 0 unspecified atom stereocenters. The van der Waals surface area contributed by atoms with Crippen LogP contribution in [-0.2, 0) is 6.18 Å². The summed E-state index contributed by atoms with van der Waals surface area (Å²) in [5, 5.41) is -0.766. The summed E-state index contributed by atoms with van der Waals surface area (Å²) in [5.41, 5.74) is -1.18. The van der Waals surface area contributed by atoms with Gasteiger partial charge in [-0.15, -0.1) is 12.6 Å². The number of hydrogen-bond acceptors (Lipinski definition) is 2. The molecule has 2 nitrogen and oxygen atoms in total. The lowest BCUT2D eigenvalue weighted by atomic mass is 10.1. The Balaban J connectivity index is 3.42. The zero-order valence-corrected chi connectivity index (χ0v) is 8.52. The fourth-order valence-electron chi connectivity index (χ4n) is 1.15. The highest BCUT2D eigenvalue weighted by Gasteiger charge is 2.35. The molecule has 0 amide bonds. The van der Waals surface area contributed by atoms with E-state index in [4.69, 9.17) is 0 Å². The molecule has 0 aliphatic carbocycles. The van der Waals surface area contributed by atoms with Crippen LogP contribution in [0.5, 0.6) is 5.75 Å². The van der Waals surface area contributed by atoms with Gasteiger partial charge < -0.3 is 4.74 Å². The number of hydrogen-bond donors (Lipinski definition) is 1. The summed E-state index contributed by atoms with van der Waals surface area (Å²) < 4.78 is 42.0. The molecular weight excluding hydrogens is 229 g/mol. The zero-order valence-electron chi connectivity index (χ0n) is 7.63. The minimum atomic E-state index is -4.55. The van der Waals surface area contributed by atoms with E-state index < -0.39 is 22.6 Å². The number of carbonyl (C=O) groups excluding carboxylic acids is 1. The fourth-order valence-corrected chi connectivity index (χ4v) is 1.32. The molecule has 0 fully saturated rings. The van der Waals surface area contributed by atoms with Gasteiger partial charge in [-0.2, -0.15) is 13.2 Å². The lowest BCUT2D eigenvalue weighted by Gasteiger charge is -2.13. The first-order valence-electron chi connectivity index (χ1n) is 3.85. The summed E-state index contributed by atoms with van der Waals surface area (Å²) in [6.45, 7) is 0. The number of ether oxygens (including phenoxy) is 1. The minimum absolute atomic E-state index is 0.198. The smallest absolute Gasteiger partial charge is 0.419 e. The minimum Gasteiger partial charge on any atom is -0.495 e. The molecule has 1 rings (SSSR count). The first-order valence-corrected chi connectivity index (χ1v) is 4.30. The normalized spacial score (nSPS) is 11.3. The molecular formula is C9H7F3O2S. The molecule has 0 aliphatic heterocycles. The molecule has 0 aliphatic rings. The average molecular weight is 236 g/mol. The lowest BCUT2D eigenvalue weighted by molar-refractivity contribution is -0.138. The molecule has 6 heteroatoms. The van der Waals surface area contributed by atoms with Crippen LogP contribution < -0.4 is 4.74 Å². The van der Waals surface area contributed by atoms with Gasteiger partial charge in [0, 0.05) is 0 Å². The Morgan fingerprint density at radius 3 is 2.40 bits per heavy atom. The van der Waals surface area contributed by atoms with E-state index in [9.17, 15) is 18.0 Å². The van der Waals surface area contributed by atoms with E-state index in [1.54, 1.807) is 0 Å². The number of carbonyl (C=O) groups is 1. The highest BCUT2D eigenvalue weighted by molar-refractivity contribution is 7.97. The standard InChI is InChI=1S/C9H7F3O2S/c1-14-7-5(8(13)15)3-2-4-6(7)9(10,11)12/h2-4H,1H3,(H,13,15). The predicted octanol–water partition coefficient (Wildman–Crippen LogP) is 2.78. The maximum atomic E-state index is 12.5. The zero-order chi connectivity index (χ0) is 11.6. The molecule has 15 heavy (non-hydrogen) atoms. The molecule has 82 valence electrons. The number of halogens is 3. The lowest BCUT2D eigenvalue weighted by Crippen LogP contribution is -2.09. The number of alkyl halides is 3. The third kappa shape index (κ3) is 2.44. The summed E-state index contributed by atoms with van der Waals surface area (Å²) in [5.74, 6) is -0.495. The Labute approximate surface area is 89.5 Å². The van der Waals surface area contributed by atoms with E-state index in [1.165, 1.54) is 6.07 Å². The number of para-hydroxylation sites is 1. The van der Waals surface area contributed by atoms with E-state index in [0.717, 1.165) is 19.2 Å². The summed E-state index contributed by atoms with van der Waals surface area (Å²) in [7, 11) is 1.07. The van der Waals surface area contributed by atoms with E-state index in [1.807, 2.05) is 0 Å². The van der Waals surface area contributed by atoms with Crippen molar-refractivity contribution in [1.82, 2.24) is 0 Å². The summed E-state index contributed by atoms with van der Waals surface area (Å²) in [6.07, 6.45) is -4.55. The van der Waals surface area contributed by atoms with Gasteiger partial charge in [-0.3, -0.25) is 4.79 Å². The number of methoxy groups -OCH3 is 1. The summed E-state index contributed by atoms with van der Waals surface area (Å²) >= 11 is 3.47. The van der Waals surface area contributed by atoms with Crippen molar-refractivity contribution in [3.63, 3.8) is 0 Å². The van der Waals surface area contributed by atoms with Crippen molar-refractivity contribution in [2.45, 2.75) is 6.18 Å². The third-order valence-electron chi connectivity index (χ3n) is 1.75. The van der Waals surface area contributed by atoms with Crippen LogP contribution in [0.3, 0.4) is 0 Å². The Hall–Kier alpha value is -1.17. The van der Waals surface area contributed by atoms with Gasteiger partial charge >= 0.3 is 6.18 Å². The largest absolute Gasteiger partial charge is 0.495 e. The van der Waals surface area contributed by atoms with Crippen LogP contribution in [0.2, 0.25) is 0 Å². The van der Waals surface area contributed by atoms with Crippen molar-refractivity contribution in [1.29, 1.82) is 0 Å². The fraction of sp³-hybridized carbons (Fsp3) is 0.222. The predicted molar refractivity (Wildman–Crippen MR) is 51.3 cm³/mol. The first kappa shape index (κ1) is 11.9. The maximum Gasteiger partial charge on any atom is 0.419 e. The quantitative estimate of drug-likeness (QED) is 0.799. The van der Waals surface area contributed by atoms with Crippen LogP contribution >= 0.6 is 12.6 Å². The van der Waals surface area contributed by atoms with Gasteiger partial charge in [-0.05, 0) is 12.1 Å². The molecule has 0 radical (unpaired) electrons. The second-order valence-electron chi connectivity index (χ2n) is 2.69. The second-order valence-corrected chi connectivity index (χ2v) is 3.10.